The van der Waals surface area contributed by atoms with E-state index in [9.17, 15) is 28.2 Å². The van der Waals surface area contributed by atoms with Crippen LogP contribution in [0.15, 0.2) is 41.5 Å². The summed E-state index contributed by atoms with van der Waals surface area (Å²) >= 11 is 0. The van der Waals surface area contributed by atoms with Crippen LogP contribution in [0.2, 0.25) is 0 Å². The van der Waals surface area contributed by atoms with Crippen LogP contribution in [0.4, 0.5) is 4.79 Å². The number of carbonyl (C=O) groups is 5. The van der Waals surface area contributed by atoms with Crippen LogP contribution in [0.25, 0.3) is 0 Å². The average molecular weight is 513 g/mol. The van der Waals surface area contributed by atoms with Gasteiger partial charge in [0.15, 0.2) is 5.09 Å². The highest BCUT2D eigenvalue weighted by Crippen LogP contribution is 2.05. The van der Waals surface area contributed by atoms with Gasteiger partial charge in [-0.3, -0.25) is 23.4 Å². The van der Waals surface area contributed by atoms with Gasteiger partial charge in [-0.25, -0.2) is 4.79 Å². The van der Waals surface area contributed by atoms with Crippen LogP contribution in [0.1, 0.15) is 12.0 Å². The Hall–Kier alpha value is -3.94. The normalized spacial score (nSPS) is 12.5. The van der Waals surface area contributed by atoms with E-state index in [0.29, 0.717) is 0 Å². The molecule has 0 aliphatic rings. The molecule has 0 heterocycles. The van der Waals surface area contributed by atoms with E-state index in [1.807, 2.05) is 6.07 Å². The van der Waals surface area contributed by atoms with Crippen molar-refractivity contribution in [3.63, 3.8) is 0 Å². The zero-order valence-corrected chi connectivity index (χ0v) is 20.0. The first-order valence-electron chi connectivity index (χ1n) is 10.2. The molecule has 4 amide bonds. The van der Waals surface area contributed by atoms with Crippen molar-refractivity contribution in [3.8, 4) is 0 Å². The third-order valence-electron chi connectivity index (χ3n) is 4.06. The number of ether oxygens (including phenoxy) is 2. The molecule has 1 rings (SSSR count). The van der Waals surface area contributed by atoms with Crippen molar-refractivity contribution < 1.29 is 42.8 Å². The lowest BCUT2D eigenvalue weighted by molar-refractivity contribution is -0.137. The largest absolute Gasteiger partial charge is 0.488 e. The van der Waals surface area contributed by atoms with Crippen LogP contribution in [0.3, 0.4) is 0 Å². The molecule has 35 heavy (non-hydrogen) atoms. The van der Waals surface area contributed by atoms with Crippen LogP contribution in [0.5, 0.6) is 0 Å². The molecule has 2 unspecified atom stereocenters. The predicted molar refractivity (Wildman–Crippen MR) is 124 cm³/mol. The van der Waals surface area contributed by atoms with Gasteiger partial charge in [0.1, 0.15) is 13.2 Å². The zero-order valence-electron chi connectivity index (χ0n) is 19.2. The molecule has 1 aromatic rings. The summed E-state index contributed by atoms with van der Waals surface area (Å²) in [6, 6.07) is 7.91. The number of hydrogen-bond acceptors (Lipinski definition) is 8. The van der Waals surface area contributed by atoms with Gasteiger partial charge in [-0.2, -0.15) is 0 Å². The molecule has 0 bridgehead atoms. The minimum atomic E-state index is -1.54. The molecule has 0 fully saturated rings. The molecule has 0 saturated heterocycles. The Morgan fingerprint density at radius 3 is 2.09 bits per heavy atom. The van der Waals surface area contributed by atoms with Gasteiger partial charge < -0.3 is 35.8 Å². The summed E-state index contributed by atoms with van der Waals surface area (Å²) in [6.07, 6.45) is 1.23. The Bertz CT molecular complexity index is 953. The fraction of sp³-hybridized carbons (Fsp3) is 0.381. The maximum atomic E-state index is 12.0. The fourth-order valence-corrected chi connectivity index (χ4v) is 3.04. The van der Waals surface area contributed by atoms with E-state index >= 15 is 0 Å². The van der Waals surface area contributed by atoms with Crippen molar-refractivity contribution in [2.45, 2.75) is 19.1 Å². The van der Waals surface area contributed by atoms with Crippen molar-refractivity contribution in [3.05, 3.63) is 47.1 Å². The molecule has 0 spiro atoms. The summed E-state index contributed by atoms with van der Waals surface area (Å²) in [7, 11) is -0.282. The van der Waals surface area contributed by atoms with Gasteiger partial charge in [0.2, 0.25) is 17.7 Å². The van der Waals surface area contributed by atoms with E-state index in [1.165, 1.54) is 19.4 Å². The summed E-state index contributed by atoms with van der Waals surface area (Å²) in [6.45, 7) is -1.36. The number of methoxy groups -OCH3 is 1. The quantitative estimate of drug-likeness (QED) is 0.194. The molecular weight excluding hydrogens is 484 g/mol. The van der Waals surface area contributed by atoms with Gasteiger partial charge in [-0.15, -0.1) is 0 Å². The summed E-state index contributed by atoms with van der Waals surface area (Å²) in [5, 5.41) is 18.1. The Balaban J connectivity index is 2.34. The topological polar surface area (TPSA) is 189 Å². The molecular formula is C21H28N4O9S. The lowest BCUT2D eigenvalue weighted by Crippen LogP contribution is -2.46. The SMILES string of the molecule is CO/C(=C\C(CC(=O)O)NC(=O)CNC(=O)CNC(=O)CNC(=O)OCc1ccccc1)S(C)=O. The van der Waals surface area contributed by atoms with Gasteiger partial charge in [-0.1, -0.05) is 30.3 Å². The van der Waals surface area contributed by atoms with Gasteiger partial charge in [0.25, 0.3) is 0 Å². The summed E-state index contributed by atoms with van der Waals surface area (Å²) in [5.74, 6) is -3.29. The molecule has 0 aromatic heterocycles. The van der Waals surface area contributed by atoms with E-state index in [1.54, 1.807) is 24.3 Å². The molecule has 0 aliphatic carbocycles. The molecule has 0 aliphatic heterocycles. The van der Waals surface area contributed by atoms with Crippen LogP contribution in [-0.4, -0.2) is 78.1 Å². The van der Waals surface area contributed by atoms with Crippen LogP contribution < -0.4 is 21.3 Å². The van der Waals surface area contributed by atoms with E-state index in [2.05, 4.69) is 21.3 Å². The third kappa shape index (κ3) is 13.4. The summed E-state index contributed by atoms with van der Waals surface area (Å²) < 4.78 is 21.4. The maximum absolute atomic E-state index is 12.0. The molecule has 2 atom stereocenters. The third-order valence-corrected chi connectivity index (χ3v) is 4.93. The number of rotatable bonds is 14. The summed E-state index contributed by atoms with van der Waals surface area (Å²) in [4.78, 5) is 58.3. The first-order chi connectivity index (χ1) is 16.6. The van der Waals surface area contributed by atoms with E-state index in [-0.39, 0.29) is 11.7 Å². The molecule has 0 saturated carbocycles. The lowest BCUT2D eigenvalue weighted by atomic mass is 10.2. The first-order valence-corrected chi connectivity index (χ1v) is 11.7. The maximum Gasteiger partial charge on any atom is 0.407 e. The highest BCUT2D eigenvalue weighted by molar-refractivity contribution is 7.88. The number of carboxylic acids is 1. The van der Waals surface area contributed by atoms with Crippen molar-refractivity contribution in [1.82, 2.24) is 21.3 Å². The number of benzene rings is 1. The Labute approximate surface area is 204 Å². The number of carboxylic acid groups (broad SMARTS) is 1. The minimum absolute atomic E-state index is 0.0131. The second-order valence-electron chi connectivity index (χ2n) is 6.88. The minimum Gasteiger partial charge on any atom is -0.488 e. The molecule has 0 radical (unpaired) electrons. The van der Waals surface area contributed by atoms with Crippen molar-refractivity contribution >= 4 is 40.6 Å². The molecule has 1 aromatic carbocycles. The van der Waals surface area contributed by atoms with Crippen LogP contribution in [0, 0.1) is 0 Å². The molecule has 14 heteroatoms. The average Bonchev–Trinajstić information content (AvgIpc) is 2.82. The number of aliphatic carboxylic acids is 1. The molecule has 192 valence electrons. The standard InChI is InChI=1S/C21H28N4O9S/c1-33-20(35(2)32)9-15(8-19(29)30)25-18(28)12-23-16(26)10-22-17(27)11-24-21(31)34-13-14-6-4-3-5-7-14/h3-7,9,15H,8,10-13H2,1-2H3,(H,22,27)(H,23,26)(H,24,31)(H,25,28)(H,29,30)/b20-9+. The monoisotopic (exact) mass is 512 g/mol. The van der Waals surface area contributed by atoms with Crippen molar-refractivity contribution in [2.24, 2.45) is 0 Å². The van der Waals surface area contributed by atoms with Crippen LogP contribution >= 0.6 is 0 Å². The summed E-state index contributed by atoms with van der Waals surface area (Å²) in [5.41, 5.74) is 0.776. The van der Waals surface area contributed by atoms with Gasteiger partial charge in [0.05, 0.1) is 43.5 Å². The Morgan fingerprint density at radius 1 is 0.971 bits per heavy atom. The number of amides is 4. The number of alkyl carbamates (subject to hydrolysis) is 1. The van der Waals surface area contributed by atoms with E-state index in [0.717, 1.165) is 5.56 Å². The number of hydrogen-bond donors (Lipinski definition) is 5. The number of carbonyl (C=O) groups excluding carboxylic acids is 4. The number of nitrogens with one attached hydrogen (secondary N) is 4. The Morgan fingerprint density at radius 2 is 1.54 bits per heavy atom. The van der Waals surface area contributed by atoms with Gasteiger partial charge in [0, 0.05) is 6.26 Å². The van der Waals surface area contributed by atoms with E-state index in [4.69, 9.17) is 14.6 Å². The van der Waals surface area contributed by atoms with Crippen molar-refractivity contribution in [1.29, 1.82) is 0 Å². The molecule has 13 nitrogen and oxygen atoms in total. The second kappa shape index (κ2) is 15.8. The Kier molecular flexibility index (Phi) is 13.1. The predicted octanol–water partition coefficient (Wildman–Crippen LogP) is -1.03. The highest BCUT2D eigenvalue weighted by Gasteiger charge is 2.17. The highest BCUT2D eigenvalue weighted by atomic mass is 32.2. The zero-order chi connectivity index (χ0) is 26.2. The lowest BCUT2D eigenvalue weighted by Gasteiger charge is -2.15. The smallest absolute Gasteiger partial charge is 0.407 e. The van der Waals surface area contributed by atoms with E-state index < -0.39 is 72.7 Å². The second-order valence-corrected chi connectivity index (χ2v) is 8.20. The first kappa shape index (κ1) is 29.1. The fourth-order valence-electron chi connectivity index (χ4n) is 2.45. The van der Waals surface area contributed by atoms with Gasteiger partial charge >= 0.3 is 12.1 Å². The van der Waals surface area contributed by atoms with Gasteiger partial charge in [-0.05, 0) is 11.6 Å². The van der Waals surface area contributed by atoms with Crippen molar-refractivity contribution in [2.75, 3.05) is 33.0 Å². The molecule has 5 N–H and O–H groups in total. The van der Waals surface area contributed by atoms with Crippen LogP contribution in [-0.2, 0) is 46.1 Å².